The molecule has 0 bridgehead atoms. The summed E-state index contributed by atoms with van der Waals surface area (Å²) in [5.74, 6) is -0.0186. The summed E-state index contributed by atoms with van der Waals surface area (Å²) in [5.41, 5.74) is 1.27. The monoisotopic (exact) mass is 336 g/mol. The molecule has 0 N–H and O–H groups in total. The van der Waals surface area contributed by atoms with Crippen LogP contribution in [0.25, 0.3) is 11.3 Å². The first-order chi connectivity index (χ1) is 8.49. The van der Waals surface area contributed by atoms with Crippen LogP contribution in [0.2, 0.25) is 5.02 Å². The molecular formula is C11H8BrClF2N2O. The van der Waals surface area contributed by atoms with Crippen molar-refractivity contribution in [2.45, 2.75) is 6.61 Å². The molecule has 2 aromatic rings. The van der Waals surface area contributed by atoms with Gasteiger partial charge in [0, 0.05) is 17.6 Å². The molecule has 0 fully saturated rings. The highest BCUT2D eigenvalue weighted by atomic mass is 79.9. The Morgan fingerprint density at radius 2 is 1.94 bits per heavy atom. The highest BCUT2D eigenvalue weighted by molar-refractivity contribution is 9.10. The first-order valence-electron chi connectivity index (χ1n) is 4.92. The summed E-state index contributed by atoms with van der Waals surface area (Å²) in [6.07, 6.45) is 0. The number of nitrogens with zero attached hydrogens (tertiary/aromatic N) is 2. The van der Waals surface area contributed by atoms with Crippen molar-refractivity contribution in [3.05, 3.63) is 33.8 Å². The summed E-state index contributed by atoms with van der Waals surface area (Å²) in [6, 6.07) is 6.90. The minimum Gasteiger partial charge on any atom is -0.416 e. The number of aromatic nitrogens is 2. The first kappa shape index (κ1) is 13.3. The summed E-state index contributed by atoms with van der Waals surface area (Å²) >= 11 is 8.99. The Bertz CT molecular complexity index is 557. The molecule has 7 heteroatoms. The Kier molecular flexibility index (Phi) is 3.87. The second-order valence-electron chi connectivity index (χ2n) is 3.48. The highest BCUT2D eigenvalue weighted by Crippen LogP contribution is 2.35. The minimum absolute atomic E-state index is 0.0186. The van der Waals surface area contributed by atoms with Crippen molar-refractivity contribution in [2.24, 2.45) is 7.05 Å². The lowest BCUT2D eigenvalue weighted by atomic mass is 10.2. The Labute approximate surface area is 115 Å². The fourth-order valence-electron chi connectivity index (χ4n) is 1.49. The lowest BCUT2D eigenvalue weighted by Gasteiger charge is -2.03. The molecule has 0 saturated heterocycles. The normalized spacial score (nSPS) is 11.0. The molecule has 0 aliphatic heterocycles. The maximum Gasteiger partial charge on any atom is 0.388 e. The highest BCUT2D eigenvalue weighted by Gasteiger charge is 2.19. The lowest BCUT2D eigenvalue weighted by Crippen LogP contribution is -2.06. The van der Waals surface area contributed by atoms with Gasteiger partial charge in [0.1, 0.15) is 10.2 Å². The van der Waals surface area contributed by atoms with Crippen LogP contribution in [0.5, 0.6) is 5.88 Å². The third-order valence-electron chi connectivity index (χ3n) is 2.26. The molecule has 1 aromatic carbocycles. The zero-order valence-electron chi connectivity index (χ0n) is 9.20. The van der Waals surface area contributed by atoms with Gasteiger partial charge in [0.2, 0.25) is 5.88 Å². The fourth-order valence-corrected chi connectivity index (χ4v) is 2.27. The van der Waals surface area contributed by atoms with Crippen LogP contribution in [0.15, 0.2) is 28.7 Å². The lowest BCUT2D eigenvalue weighted by molar-refractivity contribution is -0.0558. The van der Waals surface area contributed by atoms with Crippen LogP contribution in [0, 0.1) is 0 Å². The van der Waals surface area contributed by atoms with Gasteiger partial charge in [-0.2, -0.15) is 13.9 Å². The van der Waals surface area contributed by atoms with Gasteiger partial charge in [-0.25, -0.2) is 4.68 Å². The van der Waals surface area contributed by atoms with Crippen molar-refractivity contribution < 1.29 is 13.5 Å². The molecule has 2 rings (SSSR count). The molecule has 0 amide bonds. The molecule has 1 aromatic heterocycles. The summed E-state index contributed by atoms with van der Waals surface area (Å²) < 4.78 is 30.5. The number of aryl methyl sites for hydroxylation is 1. The van der Waals surface area contributed by atoms with E-state index in [4.69, 9.17) is 11.6 Å². The summed E-state index contributed by atoms with van der Waals surface area (Å²) in [6.45, 7) is -2.89. The van der Waals surface area contributed by atoms with Crippen LogP contribution in [0.4, 0.5) is 8.78 Å². The first-order valence-corrected chi connectivity index (χ1v) is 6.09. The SMILES string of the molecule is Cn1nc(-c2ccc(Cl)cc2)c(Br)c1OC(F)F. The Morgan fingerprint density at radius 1 is 1.33 bits per heavy atom. The van der Waals surface area contributed by atoms with Crippen molar-refractivity contribution in [1.82, 2.24) is 9.78 Å². The van der Waals surface area contributed by atoms with Crippen LogP contribution in [0.1, 0.15) is 0 Å². The third-order valence-corrected chi connectivity index (χ3v) is 3.22. The molecule has 0 unspecified atom stereocenters. The van der Waals surface area contributed by atoms with E-state index in [9.17, 15) is 8.78 Å². The van der Waals surface area contributed by atoms with Gasteiger partial charge in [0.25, 0.3) is 0 Å². The summed E-state index contributed by atoms with van der Waals surface area (Å²) in [4.78, 5) is 0. The fraction of sp³-hybridized carbons (Fsp3) is 0.182. The van der Waals surface area contributed by atoms with Crippen molar-refractivity contribution in [1.29, 1.82) is 0 Å². The van der Waals surface area contributed by atoms with Crippen molar-refractivity contribution in [3.8, 4) is 17.1 Å². The van der Waals surface area contributed by atoms with Crippen molar-refractivity contribution in [2.75, 3.05) is 0 Å². The van der Waals surface area contributed by atoms with Gasteiger partial charge in [0.05, 0.1) is 0 Å². The average Bonchev–Trinajstić information content (AvgIpc) is 2.58. The molecule has 18 heavy (non-hydrogen) atoms. The number of halogens is 4. The van der Waals surface area contributed by atoms with Gasteiger partial charge in [0.15, 0.2) is 0 Å². The van der Waals surface area contributed by atoms with E-state index in [0.29, 0.717) is 15.2 Å². The van der Waals surface area contributed by atoms with Crippen LogP contribution < -0.4 is 4.74 Å². The van der Waals surface area contributed by atoms with Gasteiger partial charge in [-0.15, -0.1) is 0 Å². The van der Waals surface area contributed by atoms with Gasteiger partial charge in [-0.3, -0.25) is 0 Å². The van der Waals surface area contributed by atoms with E-state index in [2.05, 4.69) is 25.8 Å². The average molecular weight is 338 g/mol. The van der Waals surface area contributed by atoms with Crippen molar-refractivity contribution in [3.63, 3.8) is 0 Å². The Morgan fingerprint density at radius 3 is 2.50 bits per heavy atom. The predicted molar refractivity (Wildman–Crippen MR) is 68.0 cm³/mol. The number of benzene rings is 1. The topological polar surface area (TPSA) is 27.1 Å². The molecule has 1 heterocycles. The zero-order valence-corrected chi connectivity index (χ0v) is 11.5. The number of rotatable bonds is 3. The predicted octanol–water partition coefficient (Wildman–Crippen LogP) is 4.10. The smallest absolute Gasteiger partial charge is 0.388 e. The molecule has 0 aliphatic carbocycles. The van der Waals surface area contributed by atoms with Crippen molar-refractivity contribution >= 4 is 27.5 Å². The van der Waals surface area contributed by atoms with Gasteiger partial charge in [-0.05, 0) is 28.1 Å². The quantitative estimate of drug-likeness (QED) is 0.843. The minimum atomic E-state index is -2.89. The maximum absolute atomic E-state index is 12.2. The summed E-state index contributed by atoms with van der Waals surface area (Å²) in [5, 5.41) is 4.72. The van der Waals surface area contributed by atoms with E-state index >= 15 is 0 Å². The number of hydrogen-bond donors (Lipinski definition) is 0. The Balaban J connectivity index is 2.43. The van der Waals surface area contributed by atoms with E-state index in [0.717, 1.165) is 5.56 Å². The molecule has 0 atom stereocenters. The van der Waals surface area contributed by atoms with Gasteiger partial charge >= 0.3 is 6.61 Å². The second-order valence-corrected chi connectivity index (χ2v) is 4.71. The standard InChI is InChI=1S/C11H8BrClF2N2O/c1-17-10(18-11(14)15)8(12)9(16-17)6-2-4-7(13)5-3-6/h2-5,11H,1H3. The van der Waals surface area contributed by atoms with E-state index in [1.807, 2.05) is 0 Å². The van der Waals surface area contributed by atoms with E-state index in [-0.39, 0.29) is 5.88 Å². The number of hydrogen-bond acceptors (Lipinski definition) is 2. The second kappa shape index (κ2) is 5.24. The molecule has 3 nitrogen and oxygen atoms in total. The Hall–Kier alpha value is -1.14. The van der Waals surface area contributed by atoms with Crippen LogP contribution >= 0.6 is 27.5 Å². The summed E-state index contributed by atoms with van der Waals surface area (Å²) in [7, 11) is 1.53. The molecule has 0 aliphatic rings. The van der Waals surface area contributed by atoms with E-state index < -0.39 is 6.61 Å². The molecular weight excluding hydrogens is 329 g/mol. The molecule has 0 saturated carbocycles. The molecule has 0 radical (unpaired) electrons. The largest absolute Gasteiger partial charge is 0.416 e. The van der Waals surface area contributed by atoms with Crippen LogP contribution in [0.3, 0.4) is 0 Å². The van der Waals surface area contributed by atoms with E-state index in [1.54, 1.807) is 24.3 Å². The van der Waals surface area contributed by atoms with Crippen LogP contribution in [-0.4, -0.2) is 16.4 Å². The third kappa shape index (κ3) is 2.64. The maximum atomic E-state index is 12.2. The number of ether oxygens (including phenoxy) is 1. The molecule has 0 spiro atoms. The van der Waals surface area contributed by atoms with E-state index in [1.165, 1.54) is 11.7 Å². The number of alkyl halides is 2. The van der Waals surface area contributed by atoms with Crippen LogP contribution in [-0.2, 0) is 7.05 Å². The van der Waals surface area contributed by atoms with Gasteiger partial charge in [-0.1, -0.05) is 23.7 Å². The zero-order chi connectivity index (χ0) is 13.3. The van der Waals surface area contributed by atoms with Gasteiger partial charge < -0.3 is 4.74 Å². The molecule has 96 valence electrons.